The van der Waals surface area contributed by atoms with Crippen LogP contribution in [0.5, 0.6) is 0 Å². The number of oxazole rings is 1. The molecule has 0 radical (unpaired) electrons. The number of rotatable bonds is 2. The molecule has 1 saturated carbocycles. The van der Waals surface area contributed by atoms with Crippen molar-refractivity contribution in [3.63, 3.8) is 0 Å². The van der Waals surface area contributed by atoms with Crippen molar-refractivity contribution in [1.82, 2.24) is 4.98 Å². The summed E-state index contributed by atoms with van der Waals surface area (Å²) in [4.78, 5) is 4.52. The molecular weight excluding hydrogens is 300 g/mol. The van der Waals surface area contributed by atoms with Crippen LogP contribution in [-0.4, -0.2) is 16.1 Å². The van der Waals surface area contributed by atoms with Crippen LogP contribution < -0.4 is 5.73 Å². The molecule has 1 aliphatic rings. The average Bonchev–Trinajstić information content (AvgIpc) is 3.04. The molecule has 1 aromatic heterocycles. The number of aromatic nitrogens is 1. The standard InChI is InChI=1S/C20H22N2O2/c1-13-5-4-8-18(21)20(13,23)15-11-9-14(10-12-15)19-22-16-6-2-3-7-17(16)24-19/h2-3,6-7,9-13,18,23H,4-5,8,21H2,1H3/t13-,18-,20-/m0/s1. The van der Waals surface area contributed by atoms with Gasteiger partial charge in [-0.1, -0.05) is 37.6 Å². The smallest absolute Gasteiger partial charge is 0.227 e. The molecular formula is C20H22N2O2. The summed E-state index contributed by atoms with van der Waals surface area (Å²) in [6.45, 7) is 2.08. The molecule has 3 N–H and O–H groups in total. The monoisotopic (exact) mass is 322 g/mol. The fourth-order valence-electron chi connectivity index (χ4n) is 3.82. The number of hydrogen-bond donors (Lipinski definition) is 2. The van der Waals surface area contributed by atoms with E-state index < -0.39 is 5.60 Å². The largest absolute Gasteiger partial charge is 0.436 e. The van der Waals surface area contributed by atoms with Gasteiger partial charge < -0.3 is 15.3 Å². The summed E-state index contributed by atoms with van der Waals surface area (Å²) in [5.41, 5.74) is 8.69. The van der Waals surface area contributed by atoms with Crippen molar-refractivity contribution < 1.29 is 9.52 Å². The minimum atomic E-state index is -0.960. The van der Waals surface area contributed by atoms with Crippen LogP contribution in [0.15, 0.2) is 52.9 Å². The number of nitrogens with two attached hydrogens (primary N) is 1. The number of benzene rings is 2. The van der Waals surface area contributed by atoms with E-state index >= 15 is 0 Å². The molecule has 0 spiro atoms. The first-order valence-corrected chi connectivity index (χ1v) is 8.53. The van der Waals surface area contributed by atoms with Gasteiger partial charge in [0.2, 0.25) is 5.89 Å². The molecule has 2 aromatic carbocycles. The molecule has 3 aromatic rings. The first-order chi connectivity index (χ1) is 11.6. The van der Waals surface area contributed by atoms with Crippen LogP contribution in [0.1, 0.15) is 31.7 Å². The molecule has 1 aliphatic carbocycles. The molecule has 0 saturated heterocycles. The van der Waals surface area contributed by atoms with Gasteiger partial charge in [-0.3, -0.25) is 0 Å². The van der Waals surface area contributed by atoms with E-state index in [1.54, 1.807) is 0 Å². The van der Waals surface area contributed by atoms with Gasteiger partial charge in [-0.05, 0) is 48.6 Å². The third-order valence-electron chi connectivity index (χ3n) is 5.36. The third kappa shape index (κ3) is 2.34. The van der Waals surface area contributed by atoms with Crippen molar-refractivity contribution in [2.45, 2.75) is 37.8 Å². The maximum absolute atomic E-state index is 11.2. The van der Waals surface area contributed by atoms with E-state index in [0.717, 1.165) is 41.5 Å². The fraction of sp³-hybridized carbons (Fsp3) is 0.350. The third-order valence-corrected chi connectivity index (χ3v) is 5.36. The number of hydrogen-bond acceptors (Lipinski definition) is 4. The van der Waals surface area contributed by atoms with Crippen LogP contribution in [0, 0.1) is 5.92 Å². The molecule has 0 unspecified atom stereocenters. The second kappa shape index (κ2) is 5.72. The number of nitrogens with zero attached hydrogens (tertiary/aromatic N) is 1. The lowest BCUT2D eigenvalue weighted by Gasteiger charge is -2.43. The van der Waals surface area contributed by atoms with Crippen LogP contribution in [0.4, 0.5) is 0 Å². The maximum Gasteiger partial charge on any atom is 0.227 e. The Morgan fingerprint density at radius 1 is 1.12 bits per heavy atom. The molecule has 4 heteroatoms. The Hall–Kier alpha value is -2.17. The van der Waals surface area contributed by atoms with Gasteiger partial charge in [0.25, 0.3) is 0 Å². The summed E-state index contributed by atoms with van der Waals surface area (Å²) in [6, 6.07) is 15.3. The van der Waals surface area contributed by atoms with Gasteiger partial charge in [0, 0.05) is 11.6 Å². The molecule has 4 rings (SSSR count). The first-order valence-electron chi connectivity index (χ1n) is 8.53. The van der Waals surface area contributed by atoms with Gasteiger partial charge in [-0.2, -0.15) is 0 Å². The molecule has 3 atom stereocenters. The topological polar surface area (TPSA) is 72.3 Å². The van der Waals surface area contributed by atoms with E-state index in [2.05, 4.69) is 11.9 Å². The molecule has 1 fully saturated rings. The molecule has 4 nitrogen and oxygen atoms in total. The normalized spacial score (nSPS) is 27.5. The lowest BCUT2D eigenvalue weighted by Crippen LogP contribution is -2.52. The van der Waals surface area contributed by atoms with Gasteiger partial charge in [-0.15, -0.1) is 0 Å². The maximum atomic E-state index is 11.2. The summed E-state index contributed by atoms with van der Waals surface area (Å²) in [5.74, 6) is 0.743. The molecule has 1 heterocycles. The summed E-state index contributed by atoms with van der Waals surface area (Å²) in [7, 11) is 0. The first kappa shape index (κ1) is 15.4. The van der Waals surface area contributed by atoms with Crippen molar-refractivity contribution in [2.24, 2.45) is 11.7 Å². The van der Waals surface area contributed by atoms with Crippen LogP contribution >= 0.6 is 0 Å². The van der Waals surface area contributed by atoms with E-state index in [4.69, 9.17) is 10.2 Å². The van der Waals surface area contributed by atoms with Crippen molar-refractivity contribution in [1.29, 1.82) is 0 Å². The van der Waals surface area contributed by atoms with Gasteiger partial charge in [0.05, 0.1) is 0 Å². The van der Waals surface area contributed by atoms with Crippen molar-refractivity contribution >= 4 is 11.1 Å². The summed E-state index contributed by atoms with van der Waals surface area (Å²) in [5, 5.41) is 11.2. The molecule has 24 heavy (non-hydrogen) atoms. The van der Waals surface area contributed by atoms with Crippen LogP contribution in [0.3, 0.4) is 0 Å². The summed E-state index contributed by atoms with van der Waals surface area (Å²) < 4.78 is 5.81. The Labute approximate surface area is 141 Å². The average molecular weight is 322 g/mol. The van der Waals surface area contributed by atoms with Gasteiger partial charge in [0.1, 0.15) is 11.1 Å². The quantitative estimate of drug-likeness (QED) is 0.752. The summed E-state index contributed by atoms with van der Waals surface area (Å²) in [6.07, 6.45) is 2.93. The number of aliphatic hydroxyl groups is 1. The zero-order valence-corrected chi connectivity index (χ0v) is 13.8. The highest BCUT2D eigenvalue weighted by Crippen LogP contribution is 2.41. The van der Waals surface area contributed by atoms with Gasteiger partial charge >= 0.3 is 0 Å². The van der Waals surface area contributed by atoms with Crippen LogP contribution in [-0.2, 0) is 5.60 Å². The molecule has 0 amide bonds. The van der Waals surface area contributed by atoms with E-state index in [0.29, 0.717) is 5.89 Å². The van der Waals surface area contributed by atoms with E-state index in [9.17, 15) is 5.11 Å². The predicted octanol–water partition coefficient (Wildman–Crippen LogP) is 3.83. The van der Waals surface area contributed by atoms with E-state index in [1.807, 2.05) is 48.5 Å². The Morgan fingerprint density at radius 3 is 2.58 bits per heavy atom. The number of para-hydroxylation sites is 2. The molecule has 0 aliphatic heterocycles. The second-order valence-corrected chi connectivity index (χ2v) is 6.83. The second-order valence-electron chi connectivity index (χ2n) is 6.83. The molecule has 0 bridgehead atoms. The van der Waals surface area contributed by atoms with Crippen molar-refractivity contribution in [3.05, 3.63) is 54.1 Å². The summed E-state index contributed by atoms with van der Waals surface area (Å²) >= 11 is 0. The van der Waals surface area contributed by atoms with Gasteiger partial charge in [-0.25, -0.2) is 4.98 Å². The highest BCUT2D eigenvalue weighted by atomic mass is 16.3. The Balaban J connectivity index is 1.69. The van der Waals surface area contributed by atoms with Crippen LogP contribution in [0.2, 0.25) is 0 Å². The van der Waals surface area contributed by atoms with E-state index in [1.165, 1.54) is 0 Å². The minimum Gasteiger partial charge on any atom is -0.436 e. The zero-order valence-electron chi connectivity index (χ0n) is 13.8. The predicted molar refractivity (Wildman–Crippen MR) is 94.3 cm³/mol. The Morgan fingerprint density at radius 2 is 1.88 bits per heavy atom. The van der Waals surface area contributed by atoms with Crippen molar-refractivity contribution in [2.75, 3.05) is 0 Å². The lowest BCUT2D eigenvalue weighted by molar-refractivity contribution is -0.0635. The lowest BCUT2D eigenvalue weighted by atomic mass is 9.69. The highest BCUT2D eigenvalue weighted by molar-refractivity contribution is 5.75. The van der Waals surface area contributed by atoms with Gasteiger partial charge in [0.15, 0.2) is 5.58 Å². The van der Waals surface area contributed by atoms with E-state index in [-0.39, 0.29) is 12.0 Å². The SMILES string of the molecule is C[C@H]1CCC[C@H](N)[C@@]1(O)c1ccc(-c2nc3ccccc3o2)cc1. The number of fused-ring (bicyclic) bond motifs is 1. The molecule has 124 valence electrons. The minimum absolute atomic E-state index is 0.149. The fourth-order valence-corrected chi connectivity index (χ4v) is 3.82. The Kier molecular flexibility index (Phi) is 3.66. The van der Waals surface area contributed by atoms with Crippen LogP contribution in [0.25, 0.3) is 22.6 Å². The highest BCUT2D eigenvalue weighted by Gasteiger charge is 2.43. The zero-order chi connectivity index (χ0) is 16.7. The van der Waals surface area contributed by atoms with Crippen molar-refractivity contribution in [3.8, 4) is 11.5 Å². The Bertz CT molecular complexity index is 810.